The van der Waals surface area contributed by atoms with Crippen molar-refractivity contribution in [3.05, 3.63) is 47.5 Å². The average molecular weight is 271 g/mol. The molecule has 0 fully saturated rings. The van der Waals surface area contributed by atoms with Gasteiger partial charge in [0.1, 0.15) is 12.4 Å². The fourth-order valence-corrected chi connectivity index (χ4v) is 2.85. The number of benzene rings is 1. The lowest BCUT2D eigenvalue weighted by atomic mass is 10.1. The van der Waals surface area contributed by atoms with Gasteiger partial charge in [-0.25, -0.2) is 4.98 Å². The van der Waals surface area contributed by atoms with Gasteiger partial charge in [-0.15, -0.1) is 0 Å². The van der Waals surface area contributed by atoms with Crippen LogP contribution in [0, 0.1) is 0 Å². The molecule has 0 saturated carbocycles. The lowest BCUT2D eigenvalue weighted by molar-refractivity contribution is 0.289. The largest absolute Gasteiger partial charge is 0.487 e. The molecule has 1 aliphatic rings. The van der Waals surface area contributed by atoms with E-state index in [0.29, 0.717) is 12.6 Å². The van der Waals surface area contributed by atoms with Crippen LogP contribution in [-0.2, 0) is 13.0 Å². The number of hydrogen-bond acceptors (Lipinski definition) is 3. The Morgan fingerprint density at radius 1 is 1.45 bits per heavy atom. The van der Waals surface area contributed by atoms with E-state index in [1.807, 2.05) is 24.7 Å². The van der Waals surface area contributed by atoms with Gasteiger partial charge < -0.3 is 15.0 Å². The van der Waals surface area contributed by atoms with E-state index in [-0.39, 0.29) is 6.04 Å². The van der Waals surface area contributed by atoms with Crippen LogP contribution in [-0.4, -0.2) is 9.55 Å². The molecule has 1 heterocycles. The highest BCUT2D eigenvalue weighted by molar-refractivity contribution is 5.44. The van der Waals surface area contributed by atoms with Crippen molar-refractivity contribution in [1.82, 2.24) is 9.55 Å². The zero-order chi connectivity index (χ0) is 14.1. The second-order valence-electron chi connectivity index (χ2n) is 5.64. The van der Waals surface area contributed by atoms with Crippen molar-refractivity contribution in [2.45, 2.75) is 45.4 Å². The van der Waals surface area contributed by atoms with Gasteiger partial charge in [-0.2, -0.15) is 0 Å². The van der Waals surface area contributed by atoms with Crippen LogP contribution >= 0.6 is 0 Å². The molecule has 1 aromatic carbocycles. The van der Waals surface area contributed by atoms with Gasteiger partial charge in [0, 0.05) is 12.1 Å². The number of rotatable bonds is 4. The van der Waals surface area contributed by atoms with Gasteiger partial charge in [0.15, 0.2) is 0 Å². The van der Waals surface area contributed by atoms with Crippen LogP contribution in [0.15, 0.2) is 30.7 Å². The van der Waals surface area contributed by atoms with Crippen LogP contribution in [0.3, 0.4) is 0 Å². The molecule has 1 atom stereocenters. The molecule has 0 amide bonds. The summed E-state index contributed by atoms with van der Waals surface area (Å²) in [6.45, 7) is 4.83. The molecule has 2 aromatic rings. The Kier molecular flexibility index (Phi) is 3.49. The van der Waals surface area contributed by atoms with Gasteiger partial charge in [-0.1, -0.05) is 12.1 Å². The molecule has 0 bridgehead atoms. The summed E-state index contributed by atoms with van der Waals surface area (Å²) in [6, 6.07) is 6.73. The summed E-state index contributed by atoms with van der Waals surface area (Å²) in [5.41, 5.74) is 9.71. The van der Waals surface area contributed by atoms with E-state index in [0.717, 1.165) is 24.3 Å². The topological polar surface area (TPSA) is 53.1 Å². The molecule has 0 spiro atoms. The van der Waals surface area contributed by atoms with Crippen LogP contribution in [0.25, 0.3) is 0 Å². The Hall–Kier alpha value is -1.81. The monoisotopic (exact) mass is 271 g/mol. The normalized spacial score (nSPS) is 17.5. The Morgan fingerprint density at radius 3 is 3.10 bits per heavy atom. The molecule has 1 aliphatic carbocycles. The Labute approximate surface area is 119 Å². The molecule has 0 saturated heterocycles. The number of ether oxygens (including phenoxy) is 1. The second kappa shape index (κ2) is 5.29. The molecule has 3 rings (SSSR count). The van der Waals surface area contributed by atoms with Gasteiger partial charge in [0.05, 0.1) is 18.2 Å². The number of nitrogens with zero attached hydrogens (tertiary/aromatic N) is 2. The Bertz CT molecular complexity index is 604. The Balaban J connectivity index is 1.78. The summed E-state index contributed by atoms with van der Waals surface area (Å²) in [4.78, 5) is 4.20. The maximum atomic E-state index is 6.10. The molecule has 106 valence electrons. The third-order valence-corrected chi connectivity index (χ3v) is 3.95. The van der Waals surface area contributed by atoms with Crippen LogP contribution in [0.5, 0.6) is 5.75 Å². The van der Waals surface area contributed by atoms with E-state index in [4.69, 9.17) is 10.5 Å². The smallest absolute Gasteiger partial charge is 0.130 e. The minimum Gasteiger partial charge on any atom is -0.487 e. The highest BCUT2D eigenvalue weighted by Crippen LogP contribution is 2.35. The predicted octanol–water partition coefficient (Wildman–Crippen LogP) is 2.99. The van der Waals surface area contributed by atoms with Crippen LogP contribution in [0.1, 0.15) is 49.2 Å². The lowest BCUT2D eigenvalue weighted by Crippen LogP contribution is -2.08. The number of imidazole rings is 1. The van der Waals surface area contributed by atoms with Crippen molar-refractivity contribution in [2.75, 3.05) is 0 Å². The first-order chi connectivity index (χ1) is 9.66. The van der Waals surface area contributed by atoms with Crippen molar-refractivity contribution in [3.8, 4) is 5.75 Å². The number of aromatic nitrogens is 2. The second-order valence-corrected chi connectivity index (χ2v) is 5.64. The number of fused-ring (bicyclic) bond motifs is 1. The third-order valence-electron chi connectivity index (χ3n) is 3.95. The van der Waals surface area contributed by atoms with Gasteiger partial charge >= 0.3 is 0 Å². The van der Waals surface area contributed by atoms with E-state index >= 15 is 0 Å². The molecular weight excluding hydrogens is 250 g/mol. The average Bonchev–Trinajstić information content (AvgIpc) is 3.04. The summed E-state index contributed by atoms with van der Waals surface area (Å²) in [7, 11) is 0. The van der Waals surface area contributed by atoms with Crippen LogP contribution < -0.4 is 10.5 Å². The first-order valence-electron chi connectivity index (χ1n) is 7.17. The van der Waals surface area contributed by atoms with Crippen molar-refractivity contribution in [1.29, 1.82) is 0 Å². The fraction of sp³-hybridized carbons (Fsp3) is 0.438. The third kappa shape index (κ3) is 2.31. The van der Waals surface area contributed by atoms with Crippen molar-refractivity contribution < 1.29 is 4.74 Å². The van der Waals surface area contributed by atoms with Crippen LogP contribution in [0.2, 0.25) is 0 Å². The molecule has 4 nitrogen and oxygen atoms in total. The maximum Gasteiger partial charge on any atom is 0.130 e. The number of hydrogen-bond donors (Lipinski definition) is 1. The molecule has 2 N–H and O–H groups in total. The lowest BCUT2D eigenvalue weighted by Gasteiger charge is -2.14. The van der Waals surface area contributed by atoms with E-state index in [1.165, 1.54) is 11.1 Å². The van der Waals surface area contributed by atoms with Crippen molar-refractivity contribution in [3.63, 3.8) is 0 Å². The van der Waals surface area contributed by atoms with E-state index in [2.05, 4.69) is 29.5 Å². The molecule has 1 unspecified atom stereocenters. The summed E-state index contributed by atoms with van der Waals surface area (Å²) in [6.07, 6.45) is 5.75. The van der Waals surface area contributed by atoms with Gasteiger partial charge in [0.25, 0.3) is 0 Å². The fourth-order valence-electron chi connectivity index (χ4n) is 2.85. The molecular formula is C16H21N3O. The molecule has 0 radical (unpaired) electrons. The summed E-state index contributed by atoms with van der Waals surface area (Å²) in [5.74, 6) is 0.965. The van der Waals surface area contributed by atoms with E-state index in [1.54, 1.807) is 0 Å². The zero-order valence-electron chi connectivity index (χ0n) is 12.0. The van der Waals surface area contributed by atoms with Crippen molar-refractivity contribution >= 4 is 0 Å². The first kappa shape index (κ1) is 13.2. The predicted molar refractivity (Wildman–Crippen MR) is 78.6 cm³/mol. The minimum absolute atomic E-state index is 0.162. The van der Waals surface area contributed by atoms with Gasteiger partial charge in [0.2, 0.25) is 0 Å². The zero-order valence-corrected chi connectivity index (χ0v) is 12.0. The van der Waals surface area contributed by atoms with Gasteiger partial charge in [-0.3, -0.25) is 0 Å². The van der Waals surface area contributed by atoms with Crippen molar-refractivity contribution in [2.24, 2.45) is 5.73 Å². The maximum absolute atomic E-state index is 6.10. The van der Waals surface area contributed by atoms with E-state index < -0.39 is 0 Å². The summed E-state index contributed by atoms with van der Waals surface area (Å²) < 4.78 is 8.15. The quantitative estimate of drug-likeness (QED) is 0.930. The van der Waals surface area contributed by atoms with Crippen LogP contribution in [0.4, 0.5) is 0 Å². The molecule has 4 heteroatoms. The molecule has 1 aromatic heterocycles. The van der Waals surface area contributed by atoms with E-state index in [9.17, 15) is 0 Å². The standard InChI is InChI=1S/C16H21N3O/c1-11(2)19-10-18-8-12(19)9-20-16-5-3-4-13-14(16)6-7-15(13)17/h3-5,8,10-11,15H,6-7,9,17H2,1-2H3. The minimum atomic E-state index is 0.162. The Morgan fingerprint density at radius 2 is 2.30 bits per heavy atom. The highest BCUT2D eigenvalue weighted by Gasteiger charge is 2.22. The summed E-state index contributed by atoms with van der Waals surface area (Å²) in [5, 5.41) is 0. The highest BCUT2D eigenvalue weighted by atomic mass is 16.5. The summed E-state index contributed by atoms with van der Waals surface area (Å²) >= 11 is 0. The first-order valence-corrected chi connectivity index (χ1v) is 7.17. The van der Waals surface area contributed by atoms with Gasteiger partial charge in [-0.05, 0) is 43.9 Å². The molecule has 20 heavy (non-hydrogen) atoms. The SMILES string of the molecule is CC(C)n1cncc1COc1cccc2c1CCC2N. The number of nitrogens with two attached hydrogens (primary N) is 1. The molecule has 0 aliphatic heterocycles.